The first-order chi connectivity index (χ1) is 12.6. The lowest BCUT2D eigenvalue weighted by atomic mass is 9.85. The van der Waals surface area contributed by atoms with Crippen LogP contribution in [0.15, 0.2) is 18.2 Å². The van der Waals surface area contributed by atoms with Crippen LogP contribution in [0, 0.1) is 11.8 Å². The van der Waals surface area contributed by atoms with E-state index < -0.39 is 0 Å². The van der Waals surface area contributed by atoms with Crippen molar-refractivity contribution in [2.45, 2.75) is 57.9 Å². The van der Waals surface area contributed by atoms with Crippen molar-refractivity contribution >= 4 is 23.2 Å². The molecule has 2 aliphatic carbocycles. The molecule has 0 radical (unpaired) electrons. The molecular formula is C21H29N3O2. The summed E-state index contributed by atoms with van der Waals surface area (Å²) in [5.74, 6) is 0.961. The van der Waals surface area contributed by atoms with E-state index >= 15 is 0 Å². The number of nitrogens with zero attached hydrogens (tertiary/aromatic N) is 1. The van der Waals surface area contributed by atoms with E-state index in [-0.39, 0.29) is 17.7 Å². The molecule has 0 atom stereocenters. The summed E-state index contributed by atoms with van der Waals surface area (Å²) < 4.78 is 0. The summed E-state index contributed by atoms with van der Waals surface area (Å²) in [4.78, 5) is 27.4. The molecule has 0 spiro atoms. The van der Waals surface area contributed by atoms with Crippen molar-refractivity contribution in [3.8, 4) is 0 Å². The van der Waals surface area contributed by atoms with Gasteiger partial charge in [0.2, 0.25) is 5.91 Å². The van der Waals surface area contributed by atoms with E-state index in [0.29, 0.717) is 11.6 Å². The third-order valence-electron chi connectivity index (χ3n) is 6.02. The molecule has 1 saturated heterocycles. The van der Waals surface area contributed by atoms with E-state index in [1.165, 1.54) is 0 Å². The molecule has 1 aliphatic heterocycles. The Balaban J connectivity index is 1.55. The Morgan fingerprint density at radius 1 is 1.04 bits per heavy atom. The van der Waals surface area contributed by atoms with Crippen LogP contribution in [-0.4, -0.2) is 30.9 Å². The molecule has 4 rings (SSSR count). The van der Waals surface area contributed by atoms with Gasteiger partial charge in [0, 0.05) is 36.4 Å². The number of piperidine rings is 1. The van der Waals surface area contributed by atoms with Crippen molar-refractivity contribution in [2.75, 3.05) is 23.3 Å². The maximum absolute atomic E-state index is 12.8. The van der Waals surface area contributed by atoms with Gasteiger partial charge in [0.1, 0.15) is 0 Å². The average Bonchev–Trinajstić information content (AvgIpc) is 3.38. The zero-order valence-corrected chi connectivity index (χ0v) is 15.6. The Morgan fingerprint density at radius 3 is 2.38 bits per heavy atom. The lowest BCUT2D eigenvalue weighted by Gasteiger charge is -2.33. The van der Waals surface area contributed by atoms with Gasteiger partial charge in [-0.1, -0.05) is 13.3 Å². The molecule has 2 amide bonds. The number of benzene rings is 1. The highest BCUT2D eigenvalue weighted by Gasteiger charge is 2.28. The van der Waals surface area contributed by atoms with Gasteiger partial charge in [-0.3, -0.25) is 9.59 Å². The minimum absolute atomic E-state index is 0.0131. The molecule has 140 valence electrons. The summed E-state index contributed by atoms with van der Waals surface area (Å²) in [6.45, 7) is 4.26. The molecule has 2 N–H and O–H groups in total. The predicted octanol–water partition coefficient (Wildman–Crippen LogP) is 3.55. The van der Waals surface area contributed by atoms with Crippen molar-refractivity contribution in [2.24, 2.45) is 11.8 Å². The number of carbonyl (C=O) groups is 2. The van der Waals surface area contributed by atoms with E-state index in [2.05, 4.69) is 22.5 Å². The highest BCUT2D eigenvalue weighted by atomic mass is 16.2. The summed E-state index contributed by atoms with van der Waals surface area (Å²) >= 11 is 0. The van der Waals surface area contributed by atoms with Gasteiger partial charge in [0.15, 0.2) is 0 Å². The minimum Gasteiger partial charge on any atom is -0.371 e. The van der Waals surface area contributed by atoms with Gasteiger partial charge >= 0.3 is 0 Å². The first-order valence-corrected chi connectivity index (χ1v) is 10.1. The van der Waals surface area contributed by atoms with Gasteiger partial charge in [-0.15, -0.1) is 0 Å². The van der Waals surface area contributed by atoms with Gasteiger partial charge in [-0.25, -0.2) is 0 Å². The zero-order chi connectivity index (χ0) is 18.1. The van der Waals surface area contributed by atoms with E-state index in [1.54, 1.807) is 0 Å². The number of carbonyl (C=O) groups excluding carboxylic acids is 2. The highest BCUT2D eigenvalue weighted by molar-refractivity contribution is 6.02. The summed E-state index contributed by atoms with van der Waals surface area (Å²) in [5.41, 5.74) is 2.42. The third kappa shape index (κ3) is 3.87. The standard InChI is InChI=1S/C21H29N3O2/c1-14-9-11-24(12-10-14)19-8-7-17(23-20(25)15-3-2-4-15)13-18(19)21(26)22-16-5-6-16/h7-8,13-16H,2-6,9-12H2,1H3,(H,22,26)(H,23,25). The zero-order valence-electron chi connectivity index (χ0n) is 15.6. The second-order valence-electron chi connectivity index (χ2n) is 8.27. The van der Waals surface area contributed by atoms with Crippen LogP contribution in [0.2, 0.25) is 0 Å². The minimum atomic E-state index is -0.0131. The number of rotatable bonds is 5. The highest BCUT2D eigenvalue weighted by Crippen LogP contribution is 2.31. The number of hydrogen-bond acceptors (Lipinski definition) is 3. The van der Waals surface area contributed by atoms with Crippen LogP contribution < -0.4 is 15.5 Å². The van der Waals surface area contributed by atoms with Crippen LogP contribution >= 0.6 is 0 Å². The maximum Gasteiger partial charge on any atom is 0.253 e. The fourth-order valence-corrected chi connectivity index (χ4v) is 3.73. The molecule has 1 aromatic rings. The van der Waals surface area contributed by atoms with Crippen LogP contribution in [0.3, 0.4) is 0 Å². The number of nitrogens with one attached hydrogen (secondary N) is 2. The summed E-state index contributed by atoms with van der Waals surface area (Å²) in [5, 5.41) is 6.11. The van der Waals surface area contributed by atoms with Crippen LogP contribution in [0.25, 0.3) is 0 Å². The Morgan fingerprint density at radius 2 is 1.77 bits per heavy atom. The van der Waals surface area contributed by atoms with Gasteiger partial charge in [0.25, 0.3) is 5.91 Å². The van der Waals surface area contributed by atoms with Crippen LogP contribution in [0.1, 0.15) is 62.2 Å². The lowest BCUT2D eigenvalue weighted by molar-refractivity contribution is -0.122. The van der Waals surface area contributed by atoms with Crippen LogP contribution in [0.4, 0.5) is 11.4 Å². The van der Waals surface area contributed by atoms with Gasteiger partial charge in [0.05, 0.1) is 5.56 Å². The van der Waals surface area contributed by atoms with Crippen LogP contribution in [-0.2, 0) is 4.79 Å². The van der Waals surface area contributed by atoms with Crippen molar-refractivity contribution < 1.29 is 9.59 Å². The number of amides is 2. The molecule has 5 nitrogen and oxygen atoms in total. The fraction of sp³-hybridized carbons (Fsp3) is 0.619. The van der Waals surface area contributed by atoms with E-state index in [4.69, 9.17) is 0 Å². The SMILES string of the molecule is CC1CCN(c2ccc(NC(=O)C3CCC3)cc2C(=O)NC2CC2)CC1. The molecule has 0 aromatic heterocycles. The lowest BCUT2D eigenvalue weighted by Crippen LogP contribution is -2.35. The normalized spacial score (nSPS) is 21.2. The van der Waals surface area contributed by atoms with E-state index in [1.807, 2.05) is 18.2 Å². The fourth-order valence-electron chi connectivity index (χ4n) is 3.73. The Bertz CT molecular complexity index is 686. The topological polar surface area (TPSA) is 61.4 Å². The smallest absolute Gasteiger partial charge is 0.253 e. The molecule has 26 heavy (non-hydrogen) atoms. The van der Waals surface area contributed by atoms with Crippen LogP contribution in [0.5, 0.6) is 0 Å². The number of anilines is 2. The second-order valence-corrected chi connectivity index (χ2v) is 8.27. The Labute approximate surface area is 155 Å². The molecule has 3 fully saturated rings. The van der Waals surface area contributed by atoms with Crippen molar-refractivity contribution in [1.29, 1.82) is 0 Å². The van der Waals surface area contributed by atoms with Crippen molar-refractivity contribution in [1.82, 2.24) is 5.32 Å². The molecule has 2 saturated carbocycles. The molecule has 1 aromatic carbocycles. The number of hydrogen-bond donors (Lipinski definition) is 2. The molecule has 1 heterocycles. The Hall–Kier alpha value is -2.04. The summed E-state index contributed by atoms with van der Waals surface area (Å²) in [6, 6.07) is 6.14. The quantitative estimate of drug-likeness (QED) is 0.849. The summed E-state index contributed by atoms with van der Waals surface area (Å²) in [7, 11) is 0. The monoisotopic (exact) mass is 355 g/mol. The predicted molar refractivity (Wildman–Crippen MR) is 104 cm³/mol. The molecular weight excluding hydrogens is 326 g/mol. The van der Waals surface area contributed by atoms with Gasteiger partial charge < -0.3 is 15.5 Å². The maximum atomic E-state index is 12.8. The Kier molecular flexibility index (Phi) is 4.88. The van der Waals surface area contributed by atoms with E-state index in [0.717, 1.165) is 75.3 Å². The first kappa shape index (κ1) is 17.4. The second kappa shape index (κ2) is 7.29. The van der Waals surface area contributed by atoms with Crippen molar-refractivity contribution in [3.63, 3.8) is 0 Å². The summed E-state index contributed by atoms with van der Waals surface area (Å²) in [6.07, 6.45) is 7.55. The van der Waals surface area contributed by atoms with Gasteiger partial charge in [-0.2, -0.15) is 0 Å². The molecule has 3 aliphatic rings. The van der Waals surface area contributed by atoms with E-state index in [9.17, 15) is 9.59 Å². The van der Waals surface area contributed by atoms with Crippen molar-refractivity contribution in [3.05, 3.63) is 23.8 Å². The molecule has 5 heteroatoms. The third-order valence-corrected chi connectivity index (χ3v) is 6.02. The first-order valence-electron chi connectivity index (χ1n) is 10.1. The average molecular weight is 355 g/mol. The molecule has 0 bridgehead atoms. The van der Waals surface area contributed by atoms with Gasteiger partial charge in [-0.05, 0) is 62.6 Å². The molecule has 0 unspecified atom stereocenters. The largest absolute Gasteiger partial charge is 0.371 e.